The molecule has 0 saturated carbocycles. The van der Waals surface area contributed by atoms with Crippen LogP contribution < -0.4 is 10.6 Å². The fraction of sp³-hybridized carbons (Fsp3) is 0.933. The van der Waals surface area contributed by atoms with E-state index in [1.807, 2.05) is 0 Å². The van der Waals surface area contributed by atoms with Crippen LogP contribution in [0.4, 0.5) is 4.79 Å². The predicted octanol–water partition coefficient (Wildman–Crippen LogP) is 1.90. The predicted molar refractivity (Wildman–Crippen MR) is 79.6 cm³/mol. The highest BCUT2D eigenvalue weighted by Gasteiger charge is 2.30. The second kappa shape index (κ2) is 7.27. The first-order chi connectivity index (χ1) is 9.22. The molecule has 1 fully saturated rings. The van der Waals surface area contributed by atoms with Crippen molar-refractivity contribution in [3.8, 4) is 0 Å². The Morgan fingerprint density at radius 3 is 2.45 bits per heavy atom. The summed E-state index contributed by atoms with van der Waals surface area (Å²) in [6, 6.07) is -0.207. The fourth-order valence-corrected chi connectivity index (χ4v) is 2.73. The van der Waals surface area contributed by atoms with Gasteiger partial charge >= 0.3 is 6.03 Å². The van der Waals surface area contributed by atoms with Gasteiger partial charge in [0.15, 0.2) is 0 Å². The van der Waals surface area contributed by atoms with Crippen molar-refractivity contribution in [1.29, 1.82) is 0 Å². The molecule has 3 N–H and O–H groups in total. The molecule has 1 saturated heterocycles. The van der Waals surface area contributed by atoms with Gasteiger partial charge in [-0.2, -0.15) is 0 Å². The van der Waals surface area contributed by atoms with Crippen molar-refractivity contribution >= 4 is 6.03 Å². The number of carbonyl (C=O) groups is 1. The first-order valence-corrected chi connectivity index (χ1v) is 7.54. The topological polar surface area (TPSA) is 70.6 Å². The Hall–Kier alpha value is -0.810. The van der Waals surface area contributed by atoms with Gasteiger partial charge in [-0.15, -0.1) is 0 Å². The van der Waals surface area contributed by atoms with Gasteiger partial charge in [-0.1, -0.05) is 27.7 Å². The van der Waals surface area contributed by atoms with Crippen LogP contribution in [0.3, 0.4) is 0 Å². The van der Waals surface area contributed by atoms with Crippen molar-refractivity contribution in [3.05, 3.63) is 0 Å². The molecule has 0 aliphatic carbocycles. The van der Waals surface area contributed by atoms with E-state index in [4.69, 9.17) is 4.74 Å². The van der Waals surface area contributed by atoms with E-state index in [2.05, 4.69) is 38.3 Å². The molecule has 0 atom stereocenters. The summed E-state index contributed by atoms with van der Waals surface area (Å²) in [6.45, 7) is 10.7. The van der Waals surface area contributed by atoms with Gasteiger partial charge in [-0.3, -0.25) is 0 Å². The minimum Gasteiger partial charge on any atom is -0.388 e. The Bertz CT molecular complexity index is 310. The van der Waals surface area contributed by atoms with Gasteiger partial charge in [0.2, 0.25) is 0 Å². The third-order valence-corrected chi connectivity index (χ3v) is 3.69. The van der Waals surface area contributed by atoms with Gasteiger partial charge < -0.3 is 20.5 Å². The summed E-state index contributed by atoms with van der Waals surface area (Å²) in [5, 5.41) is 15.9. The summed E-state index contributed by atoms with van der Waals surface area (Å²) in [5.74, 6) is 0.609. The summed E-state index contributed by atoms with van der Waals surface area (Å²) in [7, 11) is 0. The van der Waals surface area contributed by atoms with Crippen LogP contribution in [0.2, 0.25) is 0 Å². The Balaban J connectivity index is 2.26. The number of hydrogen-bond acceptors (Lipinski definition) is 3. The van der Waals surface area contributed by atoms with Gasteiger partial charge in [0.1, 0.15) is 0 Å². The molecule has 0 bridgehead atoms. The molecule has 1 rings (SSSR count). The first-order valence-electron chi connectivity index (χ1n) is 7.54. The van der Waals surface area contributed by atoms with Gasteiger partial charge in [0.05, 0.1) is 5.60 Å². The Morgan fingerprint density at radius 1 is 1.30 bits per heavy atom. The molecule has 0 unspecified atom stereocenters. The highest BCUT2D eigenvalue weighted by Crippen LogP contribution is 2.24. The van der Waals surface area contributed by atoms with Crippen molar-refractivity contribution in [3.63, 3.8) is 0 Å². The summed E-state index contributed by atoms with van der Waals surface area (Å²) in [6.07, 6.45) is 2.22. The molecule has 0 radical (unpaired) electrons. The lowest BCUT2D eigenvalue weighted by Gasteiger charge is -2.32. The average Bonchev–Trinajstić information content (AvgIpc) is 2.33. The van der Waals surface area contributed by atoms with Gasteiger partial charge in [-0.05, 0) is 17.8 Å². The Morgan fingerprint density at radius 2 is 1.90 bits per heavy atom. The van der Waals surface area contributed by atoms with E-state index in [9.17, 15) is 9.90 Å². The van der Waals surface area contributed by atoms with Crippen molar-refractivity contribution < 1.29 is 14.6 Å². The van der Waals surface area contributed by atoms with Crippen molar-refractivity contribution in [2.75, 3.05) is 26.3 Å². The maximum absolute atomic E-state index is 11.8. The molecule has 0 aromatic carbocycles. The van der Waals surface area contributed by atoms with Crippen LogP contribution in [-0.2, 0) is 4.74 Å². The van der Waals surface area contributed by atoms with Crippen LogP contribution in [-0.4, -0.2) is 43.0 Å². The SMILES string of the molecule is CC(C)CC(C)(C)CNC(=O)NCC1(O)CCOCC1. The van der Waals surface area contributed by atoms with E-state index < -0.39 is 5.60 Å². The van der Waals surface area contributed by atoms with Gasteiger partial charge in [-0.25, -0.2) is 4.79 Å². The van der Waals surface area contributed by atoms with Crippen LogP contribution in [0.5, 0.6) is 0 Å². The minimum absolute atomic E-state index is 0.0844. The molecule has 0 aromatic rings. The first kappa shape index (κ1) is 17.2. The lowest BCUT2D eigenvalue weighted by Crippen LogP contribution is -2.50. The zero-order valence-electron chi connectivity index (χ0n) is 13.3. The van der Waals surface area contributed by atoms with Crippen LogP contribution in [0.25, 0.3) is 0 Å². The zero-order valence-corrected chi connectivity index (χ0v) is 13.3. The number of rotatable bonds is 6. The largest absolute Gasteiger partial charge is 0.388 e. The lowest BCUT2D eigenvalue weighted by atomic mass is 9.84. The average molecular weight is 286 g/mol. The third-order valence-electron chi connectivity index (χ3n) is 3.69. The number of carbonyl (C=O) groups excluding carboxylic acids is 1. The monoisotopic (exact) mass is 286 g/mol. The maximum atomic E-state index is 11.8. The van der Waals surface area contributed by atoms with Crippen molar-refractivity contribution in [2.45, 2.75) is 52.6 Å². The molecule has 1 aliphatic rings. The van der Waals surface area contributed by atoms with E-state index in [0.29, 0.717) is 38.5 Å². The van der Waals surface area contributed by atoms with Crippen LogP contribution in [0, 0.1) is 11.3 Å². The smallest absolute Gasteiger partial charge is 0.314 e. The van der Waals surface area contributed by atoms with Crippen LogP contribution >= 0.6 is 0 Å². The molecule has 2 amide bonds. The summed E-state index contributed by atoms with van der Waals surface area (Å²) in [5.41, 5.74) is -0.732. The van der Waals surface area contributed by atoms with Gasteiger partial charge in [0.25, 0.3) is 0 Å². The lowest BCUT2D eigenvalue weighted by molar-refractivity contribution is -0.0600. The maximum Gasteiger partial charge on any atom is 0.314 e. The summed E-state index contributed by atoms with van der Waals surface area (Å²) < 4.78 is 5.21. The van der Waals surface area contributed by atoms with Gasteiger partial charge in [0, 0.05) is 39.1 Å². The van der Waals surface area contributed by atoms with E-state index in [1.165, 1.54) is 0 Å². The second-order valence-electron chi connectivity index (χ2n) is 7.14. The summed E-state index contributed by atoms with van der Waals surface area (Å²) in [4.78, 5) is 11.8. The van der Waals surface area contributed by atoms with Crippen molar-refractivity contribution in [2.24, 2.45) is 11.3 Å². The molecule has 0 spiro atoms. The van der Waals surface area contributed by atoms with E-state index in [1.54, 1.807) is 0 Å². The fourth-order valence-electron chi connectivity index (χ4n) is 2.73. The second-order valence-corrected chi connectivity index (χ2v) is 7.14. The normalized spacial score (nSPS) is 18.9. The number of nitrogens with one attached hydrogen (secondary N) is 2. The van der Waals surface area contributed by atoms with E-state index in [0.717, 1.165) is 6.42 Å². The molecule has 1 heterocycles. The standard InChI is InChI=1S/C15H30N2O3/c1-12(2)9-14(3,4)10-16-13(18)17-11-15(19)5-7-20-8-6-15/h12,19H,5-11H2,1-4H3,(H2,16,17,18). The van der Waals surface area contributed by atoms with Crippen LogP contribution in [0.1, 0.15) is 47.0 Å². The molecule has 1 aliphatic heterocycles. The molecular formula is C15H30N2O3. The molecule has 0 aromatic heterocycles. The minimum atomic E-state index is -0.816. The Labute approximate surface area is 122 Å². The Kier molecular flexibility index (Phi) is 6.27. The molecule has 20 heavy (non-hydrogen) atoms. The van der Waals surface area contributed by atoms with E-state index in [-0.39, 0.29) is 18.0 Å². The third kappa shape index (κ3) is 6.57. The number of amides is 2. The van der Waals surface area contributed by atoms with E-state index >= 15 is 0 Å². The zero-order chi connectivity index (χ0) is 15.2. The number of ether oxygens (including phenoxy) is 1. The quantitative estimate of drug-likeness (QED) is 0.698. The number of urea groups is 1. The number of hydrogen-bond donors (Lipinski definition) is 3. The number of aliphatic hydroxyl groups is 1. The molecule has 5 nitrogen and oxygen atoms in total. The summed E-state index contributed by atoms with van der Waals surface area (Å²) >= 11 is 0. The molecular weight excluding hydrogens is 256 g/mol. The highest BCUT2D eigenvalue weighted by atomic mass is 16.5. The van der Waals surface area contributed by atoms with Crippen LogP contribution in [0.15, 0.2) is 0 Å². The molecule has 5 heteroatoms. The van der Waals surface area contributed by atoms with Crippen molar-refractivity contribution in [1.82, 2.24) is 10.6 Å². The molecule has 118 valence electrons. The highest BCUT2D eigenvalue weighted by molar-refractivity contribution is 5.73.